The highest BCUT2D eigenvalue weighted by Crippen LogP contribution is 2.22. The molecule has 1 heterocycles. The number of rotatable bonds is 4. The molecule has 0 aliphatic heterocycles. The number of nitrogens with zero attached hydrogens (tertiary/aromatic N) is 1. The van der Waals surface area contributed by atoms with Crippen molar-refractivity contribution >= 4 is 21.4 Å². The van der Waals surface area contributed by atoms with E-state index in [0.29, 0.717) is 16.8 Å². The number of pyridine rings is 1. The van der Waals surface area contributed by atoms with E-state index in [1.54, 1.807) is 57.2 Å². The Morgan fingerprint density at radius 3 is 2.46 bits per heavy atom. The number of anilines is 1. The van der Waals surface area contributed by atoms with Crippen LogP contribution < -0.4 is 5.32 Å². The summed E-state index contributed by atoms with van der Waals surface area (Å²) in [5.74, 6) is -0.343. The maximum atomic E-state index is 12.3. The molecule has 2 rings (SSSR count). The second-order valence-electron chi connectivity index (χ2n) is 6.71. The molecule has 0 bridgehead atoms. The van der Waals surface area contributed by atoms with Crippen LogP contribution in [0.1, 0.15) is 42.4 Å². The lowest BCUT2D eigenvalue weighted by Gasteiger charge is -2.19. The Labute approximate surface area is 143 Å². The Balaban J connectivity index is 2.16. The molecule has 0 saturated carbocycles. The van der Waals surface area contributed by atoms with Gasteiger partial charge in [0.2, 0.25) is 0 Å². The number of sulfone groups is 1. The van der Waals surface area contributed by atoms with Gasteiger partial charge >= 0.3 is 0 Å². The van der Waals surface area contributed by atoms with Crippen LogP contribution in [0.25, 0.3) is 0 Å². The van der Waals surface area contributed by atoms with Crippen molar-refractivity contribution in [1.29, 1.82) is 0 Å². The number of aromatic nitrogens is 1. The van der Waals surface area contributed by atoms with Gasteiger partial charge in [-0.1, -0.05) is 12.1 Å². The first-order chi connectivity index (χ1) is 11.1. The first kappa shape index (κ1) is 18.1. The monoisotopic (exact) mass is 346 g/mol. The van der Waals surface area contributed by atoms with Gasteiger partial charge in [-0.15, -0.1) is 0 Å². The highest BCUT2D eigenvalue weighted by molar-refractivity contribution is 7.91. The Kier molecular flexibility index (Phi) is 5.08. The number of aryl methyl sites for hydroxylation is 1. The molecule has 1 N–H and O–H groups in total. The van der Waals surface area contributed by atoms with Crippen LogP contribution in [-0.2, 0) is 15.6 Å². The molecule has 0 aliphatic rings. The number of carbonyl (C=O) groups excluding carboxylic acids is 1. The fourth-order valence-corrected chi connectivity index (χ4v) is 3.03. The SMILES string of the molecule is Cc1ccc(C(=O)Nc2cccc(CS(=O)(=O)C(C)(C)C)c2)cn1. The quantitative estimate of drug-likeness (QED) is 0.921. The summed E-state index contributed by atoms with van der Waals surface area (Å²) in [5.41, 5.74) is 2.49. The number of carbonyl (C=O) groups is 1. The van der Waals surface area contributed by atoms with E-state index < -0.39 is 14.6 Å². The van der Waals surface area contributed by atoms with E-state index in [2.05, 4.69) is 10.3 Å². The van der Waals surface area contributed by atoms with Crippen LogP contribution >= 0.6 is 0 Å². The van der Waals surface area contributed by atoms with Crippen molar-refractivity contribution in [2.24, 2.45) is 0 Å². The zero-order chi connectivity index (χ0) is 18.0. The van der Waals surface area contributed by atoms with Gasteiger partial charge in [-0.3, -0.25) is 9.78 Å². The van der Waals surface area contributed by atoms with E-state index in [4.69, 9.17) is 0 Å². The summed E-state index contributed by atoms with van der Waals surface area (Å²) in [7, 11) is -3.28. The third-order valence-electron chi connectivity index (χ3n) is 3.65. The number of hydrogen-bond donors (Lipinski definition) is 1. The molecule has 128 valence electrons. The lowest BCUT2D eigenvalue weighted by atomic mass is 10.2. The van der Waals surface area contributed by atoms with E-state index in [-0.39, 0.29) is 11.7 Å². The van der Waals surface area contributed by atoms with Crippen LogP contribution in [0.4, 0.5) is 5.69 Å². The Hall–Kier alpha value is -2.21. The molecule has 0 spiro atoms. The van der Waals surface area contributed by atoms with Gasteiger partial charge in [-0.25, -0.2) is 8.42 Å². The number of amides is 1. The first-order valence-electron chi connectivity index (χ1n) is 7.64. The van der Waals surface area contributed by atoms with Gasteiger partial charge < -0.3 is 5.32 Å². The lowest BCUT2D eigenvalue weighted by molar-refractivity contribution is 0.102. The minimum atomic E-state index is -3.28. The topological polar surface area (TPSA) is 76.1 Å². The number of hydrogen-bond acceptors (Lipinski definition) is 4. The normalized spacial score (nSPS) is 12.0. The zero-order valence-corrected chi connectivity index (χ0v) is 15.1. The van der Waals surface area contributed by atoms with Crippen LogP contribution in [0, 0.1) is 6.92 Å². The van der Waals surface area contributed by atoms with Crippen molar-refractivity contribution in [3.05, 3.63) is 59.4 Å². The predicted octanol–water partition coefficient (Wildman–Crippen LogP) is 3.36. The van der Waals surface area contributed by atoms with Gasteiger partial charge in [0.25, 0.3) is 5.91 Å². The summed E-state index contributed by atoms with van der Waals surface area (Å²) in [4.78, 5) is 16.3. The van der Waals surface area contributed by atoms with E-state index in [1.807, 2.05) is 6.92 Å². The van der Waals surface area contributed by atoms with Gasteiger partial charge in [0, 0.05) is 17.6 Å². The molecule has 1 amide bonds. The summed E-state index contributed by atoms with van der Waals surface area (Å²) in [6.07, 6.45) is 1.51. The smallest absolute Gasteiger partial charge is 0.257 e. The van der Waals surface area contributed by atoms with E-state index in [1.165, 1.54) is 6.20 Å². The molecule has 1 aromatic carbocycles. The molecule has 0 unspecified atom stereocenters. The van der Waals surface area contributed by atoms with Crippen LogP contribution in [0.5, 0.6) is 0 Å². The fourth-order valence-electron chi connectivity index (χ4n) is 1.98. The fraction of sp³-hybridized carbons (Fsp3) is 0.333. The third kappa shape index (κ3) is 4.41. The van der Waals surface area contributed by atoms with Gasteiger partial charge in [0.05, 0.1) is 16.1 Å². The van der Waals surface area contributed by atoms with Crippen LogP contribution in [0.15, 0.2) is 42.6 Å². The molecular formula is C18H22N2O3S. The number of benzene rings is 1. The molecule has 0 saturated heterocycles. The van der Waals surface area contributed by atoms with Crippen LogP contribution in [0.3, 0.4) is 0 Å². The summed E-state index contributed by atoms with van der Waals surface area (Å²) in [6, 6.07) is 10.4. The van der Waals surface area contributed by atoms with Crippen molar-refractivity contribution in [3.8, 4) is 0 Å². The average Bonchev–Trinajstić information content (AvgIpc) is 2.46. The predicted molar refractivity (Wildman–Crippen MR) is 95.7 cm³/mol. The molecular weight excluding hydrogens is 324 g/mol. The van der Waals surface area contributed by atoms with Gasteiger partial charge in [-0.2, -0.15) is 0 Å². The molecule has 0 fully saturated rings. The van der Waals surface area contributed by atoms with E-state index >= 15 is 0 Å². The minimum absolute atomic E-state index is 0.0632. The van der Waals surface area contributed by atoms with Crippen molar-refractivity contribution in [2.75, 3.05) is 5.32 Å². The average molecular weight is 346 g/mol. The second kappa shape index (κ2) is 6.73. The second-order valence-corrected chi connectivity index (χ2v) is 9.46. The number of nitrogens with one attached hydrogen (secondary N) is 1. The van der Waals surface area contributed by atoms with Crippen molar-refractivity contribution in [3.63, 3.8) is 0 Å². The van der Waals surface area contributed by atoms with Gasteiger partial charge in [-0.05, 0) is 57.5 Å². The third-order valence-corrected chi connectivity index (χ3v) is 6.23. The standard InChI is InChI=1S/C18H22N2O3S/c1-13-8-9-15(11-19-13)17(21)20-16-7-5-6-14(10-16)12-24(22,23)18(2,3)4/h5-11H,12H2,1-4H3,(H,20,21). The Morgan fingerprint density at radius 2 is 1.88 bits per heavy atom. The van der Waals surface area contributed by atoms with E-state index in [9.17, 15) is 13.2 Å². The van der Waals surface area contributed by atoms with E-state index in [0.717, 1.165) is 5.69 Å². The summed E-state index contributed by atoms with van der Waals surface area (Å²) < 4.78 is 23.8. The van der Waals surface area contributed by atoms with Crippen molar-refractivity contribution in [1.82, 2.24) is 4.98 Å². The van der Waals surface area contributed by atoms with Crippen LogP contribution in [-0.4, -0.2) is 24.1 Å². The largest absolute Gasteiger partial charge is 0.322 e. The van der Waals surface area contributed by atoms with Crippen molar-refractivity contribution in [2.45, 2.75) is 38.2 Å². The molecule has 6 heteroatoms. The Morgan fingerprint density at radius 1 is 1.17 bits per heavy atom. The maximum Gasteiger partial charge on any atom is 0.257 e. The molecule has 5 nitrogen and oxygen atoms in total. The molecule has 0 radical (unpaired) electrons. The highest BCUT2D eigenvalue weighted by atomic mass is 32.2. The molecule has 1 aromatic heterocycles. The van der Waals surface area contributed by atoms with Gasteiger partial charge in [0.15, 0.2) is 9.84 Å². The Bertz CT molecular complexity index is 835. The minimum Gasteiger partial charge on any atom is -0.322 e. The van der Waals surface area contributed by atoms with Crippen LogP contribution in [0.2, 0.25) is 0 Å². The summed E-state index contributed by atoms with van der Waals surface area (Å²) in [5, 5.41) is 2.77. The molecule has 0 atom stereocenters. The van der Waals surface area contributed by atoms with Gasteiger partial charge in [0.1, 0.15) is 0 Å². The first-order valence-corrected chi connectivity index (χ1v) is 9.29. The molecule has 2 aromatic rings. The highest BCUT2D eigenvalue weighted by Gasteiger charge is 2.29. The summed E-state index contributed by atoms with van der Waals surface area (Å²) >= 11 is 0. The van der Waals surface area contributed by atoms with Crippen molar-refractivity contribution < 1.29 is 13.2 Å². The zero-order valence-electron chi connectivity index (χ0n) is 14.3. The maximum absolute atomic E-state index is 12.3. The summed E-state index contributed by atoms with van der Waals surface area (Å²) in [6.45, 7) is 6.88. The molecule has 0 aliphatic carbocycles. The lowest BCUT2D eigenvalue weighted by Crippen LogP contribution is -2.29. The molecule has 24 heavy (non-hydrogen) atoms.